The van der Waals surface area contributed by atoms with Crippen molar-refractivity contribution < 1.29 is 31.4 Å². The zero-order chi connectivity index (χ0) is 16.8. The SMILES string of the molecule is COC(C)CS(=O)(=O)N1CC(O)(C(F)(F)F)c2cccnc21. The number of fused-ring (bicyclic) bond motifs is 1. The van der Waals surface area contributed by atoms with Gasteiger partial charge in [-0.25, -0.2) is 17.7 Å². The molecule has 0 aliphatic carbocycles. The molecule has 2 unspecified atom stereocenters. The Balaban J connectivity index is 2.50. The highest BCUT2D eigenvalue weighted by Gasteiger charge is 2.62. The summed E-state index contributed by atoms with van der Waals surface area (Å²) in [5.41, 5.74) is -3.85. The van der Waals surface area contributed by atoms with Gasteiger partial charge in [0.1, 0.15) is 5.82 Å². The number of anilines is 1. The number of β-amino-alcohol motifs (C(OH)–C–C–N with tert-alkyl or cyclic N) is 1. The van der Waals surface area contributed by atoms with Gasteiger partial charge in [0.2, 0.25) is 15.6 Å². The van der Waals surface area contributed by atoms with Gasteiger partial charge in [-0.05, 0) is 13.0 Å². The van der Waals surface area contributed by atoms with Crippen molar-refractivity contribution in [1.29, 1.82) is 0 Å². The summed E-state index contributed by atoms with van der Waals surface area (Å²) >= 11 is 0. The van der Waals surface area contributed by atoms with Crippen LogP contribution in [0.1, 0.15) is 12.5 Å². The largest absolute Gasteiger partial charge is 0.423 e. The zero-order valence-corrected chi connectivity index (χ0v) is 12.6. The predicted octanol–water partition coefficient (Wildman–Crippen LogP) is 1.02. The molecule has 2 atom stereocenters. The molecule has 1 N–H and O–H groups in total. The van der Waals surface area contributed by atoms with E-state index in [1.54, 1.807) is 0 Å². The van der Waals surface area contributed by atoms with E-state index in [0.29, 0.717) is 4.31 Å². The fourth-order valence-corrected chi connectivity index (χ4v) is 3.92. The number of alkyl halides is 3. The van der Waals surface area contributed by atoms with E-state index in [0.717, 1.165) is 6.07 Å². The highest BCUT2D eigenvalue weighted by molar-refractivity contribution is 7.92. The standard InChI is InChI=1S/C12H15F3N2O4S/c1-8(21-2)6-22(19,20)17-7-11(18,12(13,14)15)9-4-3-5-16-10(9)17/h3-5,8,18H,6-7H2,1-2H3. The lowest BCUT2D eigenvalue weighted by Crippen LogP contribution is -2.48. The number of ether oxygens (including phenoxy) is 1. The number of rotatable bonds is 4. The van der Waals surface area contributed by atoms with Crippen LogP contribution in [0.25, 0.3) is 0 Å². The van der Waals surface area contributed by atoms with Crippen LogP contribution in [0.3, 0.4) is 0 Å². The first kappa shape index (κ1) is 17.0. The summed E-state index contributed by atoms with van der Waals surface area (Å²) in [5.74, 6) is -0.932. The normalized spacial score (nSPS) is 23.5. The summed E-state index contributed by atoms with van der Waals surface area (Å²) < 4.78 is 69.5. The second-order valence-corrected chi connectivity index (χ2v) is 7.00. The third-order valence-corrected chi connectivity index (χ3v) is 5.36. The number of sulfonamides is 1. The Labute approximate surface area is 125 Å². The predicted molar refractivity (Wildman–Crippen MR) is 71.8 cm³/mol. The van der Waals surface area contributed by atoms with Gasteiger partial charge in [0.25, 0.3) is 0 Å². The highest BCUT2D eigenvalue weighted by Crippen LogP contribution is 2.48. The van der Waals surface area contributed by atoms with E-state index < -0.39 is 51.6 Å². The number of pyridine rings is 1. The maximum absolute atomic E-state index is 13.2. The molecule has 0 spiro atoms. The number of halogens is 3. The minimum absolute atomic E-state index is 0.411. The van der Waals surface area contributed by atoms with Gasteiger partial charge in [-0.15, -0.1) is 0 Å². The van der Waals surface area contributed by atoms with E-state index in [-0.39, 0.29) is 0 Å². The Morgan fingerprint density at radius 2 is 2.18 bits per heavy atom. The molecule has 10 heteroatoms. The minimum Gasteiger partial charge on any atom is -0.381 e. The lowest BCUT2D eigenvalue weighted by Gasteiger charge is -2.27. The molecule has 1 aliphatic rings. The van der Waals surface area contributed by atoms with Crippen LogP contribution >= 0.6 is 0 Å². The van der Waals surface area contributed by atoms with E-state index >= 15 is 0 Å². The van der Waals surface area contributed by atoms with Gasteiger partial charge >= 0.3 is 6.18 Å². The second-order valence-electron chi connectivity index (χ2n) is 5.06. The van der Waals surface area contributed by atoms with Gasteiger partial charge < -0.3 is 9.84 Å². The second kappa shape index (κ2) is 5.36. The zero-order valence-electron chi connectivity index (χ0n) is 11.8. The average molecular weight is 340 g/mol. The van der Waals surface area contributed by atoms with Gasteiger partial charge in [0.05, 0.1) is 18.4 Å². The molecule has 2 rings (SSSR count). The van der Waals surface area contributed by atoms with E-state index in [9.17, 15) is 26.7 Å². The van der Waals surface area contributed by atoms with Crippen molar-refractivity contribution >= 4 is 15.8 Å². The van der Waals surface area contributed by atoms with Gasteiger partial charge in [-0.1, -0.05) is 6.07 Å². The summed E-state index contributed by atoms with van der Waals surface area (Å²) in [6.07, 6.45) is -4.57. The molecule has 0 radical (unpaired) electrons. The first-order valence-corrected chi connectivity index (χ1v) is 7.91. The van der Waals surface area contributed by atoms with Crippen molar-refractivity contribution in [2.45, 2.75) is 24.8 Å². The van der Waals surface area contributed by atoms with E-state index in [4.69, 9.17) is 4.74 Å². The monoisotopic (exact) mass is 340 g/mol. The van der Waals surface area contributed by atoms with Crippen molar-refractivity contribution in [3.05, 3.63) is 23.9 Å². The maximum atomic E-state index is 13.2. The molecule has 1 aromatic rings. The number of nitrogens with zero attached hydrogens (tertiary/aromatic N) is 2. The van der Waals surface area contributed by atoms with E-state index in [2.05, 4.69) is 4.98 Å². The number of hydrogen-bond acceptors (Lipinski definition) is 5. The van der Waals surface area contributed by atoms with E-state index in [1.165, 1.54) is 26.3 Å². The Bertz CT molecular complexity index is 665. The lowest BCUT2D eigenvalue weighted by molar-refractivity contribution is -0.258. The molecule has 0 bridgehead atoms. The number of methoxy groups -OCH3 is 1. The van der Waals surface area contributed by atoms with Crippen LogP contribution in [0, 0.1) is 0 Å². The molecule has 0 saturated carbocycles. The van der Waals surface area contributed by atoms with Gasteiger partial charge in [-0.2, -0.15) is 13.2 Å². The summed E-state index contributed by atoms with van der Waals surface area (Å²) in [4.78, 5) is 3.69. The molecular weight excluding hydrogens is 325 g/mol. The molecule has 1 aliphatic heterocycles. The molecular formula is C12H15F3N2O4S. The van der Waals surface area contributed by atoms with Crippen molar-refractivity contribution in [2.75, 3.05) is 23.7 Å². The van der Waals surface area contributed by atoms with Crippen LogP contribution in [-0.2, 0) is 20.4 Å². The first-order valence-electron chi connectivity index (χ1n) is 6.31. The summed E-state index contributed by atoms with van der Waals surface area (Å²) in [6.45, 7) is 0.324. The fraction of sp³-hybridized carbons (Fsp3) is 0.583. The number of aromatic nitrogens is 1. The first-order chi connectivity index (χ1) is 10.0. The third kappa shape index (κ3) is 2.66. The highest BCUT2D eigenvalue weighted by atomic mass is 32.2. The molecule has 0 fully saturated rings. The van der Waals surface area contributed by atoms with Crippen LogP contribution in [0.2, 0.25) is 0 Å². The Morgan fingerprint density at radius 1 is 1.55 bits per heavy atom. The summed E-state index contributed by atoms with van der Waals surface area (Å²) in [7, 11) is -2.84. The lowest BCUT2D eigenvalue weighted by atomic mass is 9.97. The van der Waals surface area contributed by atoms with Crippen molar-refractivity contribution in [3.63, 3.8) is 0 Å². The van der Waals surface area contributed by atoms with Crippen LogP contribution in [0.15, 0.2) is 18.3 Å². The smallest absolute Gasteiger partial charge is 0.381 e. The molecule has 1 aromatic heterocycles. The fourth-order valence-electron chi connectivity index (χ4n) is 2.21. The average Bonchev–Trinajstić information content (AvgIpc) is 2.74. The van der Waals surface area contributed by atoms with Gasteiger partial charge in [0, 0.05) is 18.9 Å². The Kier molecular flexibility index (Phi) is 4.13. The molecule has 0 amide bonds. The van der Waals surface area contributed by atoms with Gasteiger partial charge in [0.15, 0.2) is 0 Å². The molecule has 2 heterocycles. The van der Waals surface area contributed by atoms with Crippen LogP contribution in [0.5, 0.6) is 0 Å². The van der Waals surface area contributed by atoms with Crippen molar-refractivity contribution in [2.24, 2.45) is 0 Å². The van der Waals surface area contributed by atoms with Crippen LogP contribution in [0.4, 0.5) is 19.0 Å². The number of aliphatic hydroxyl groups is 1. The molecule has 0 saturated heterocycles. The maximum Gasteiger partial charge on any atom is 0.423 e. The summed E-state index contributed by atoms with van der Waals surface area (Å²) in [6, 6.07) is 2.23. The van der Waals surface area contributed by atoms with Crippen molar-refractivity contribution in [1.82, 2.24) is 4.98 Å². The topological polar surface area (TPSA) is 79.7 Å². The minimum atomic E-state index is -5.03. The van der Waals surface area contributed by atoms with Crippen LogP contribution < -0.4 is 4.31 Å². The van der Waals surface area contributed by atoms with Crippen molar-refractivity contribution in [3.8, 4) is 0 Å². The summed E-state index contributed by atoms with van der Waals surface area (Å²) in [5, 5.41) is 10.0. The van der Waals surface area contributed by atoms with Crippen LogP contribution in [-0.4, -0.2) is 50.2 Å². The van der Waals surface area contributed by atoms with E-state index in [1.807, 2.05) is 0 Å². The molecule has 6 nitrogen and oxygen atoms in total. The number of hydrogen-bond donors (Lipinski definition) is 1. The molecule has 22 heavy (non-hydrogen) atoms. The molecule has 0 aromatic carbocycles. The third-order valence-electron chi connectivity index (χ3n) is 3.49. The molecule has 124 valence electrons. The van der Waals surface area contributed by atoms with Gasteiger partial charge in [-0.3, -0.25) is 0 Å². The Morgan fingerprint density at radius 3 is 2.73 bits per heavy atom. The quantitative estimate of drug-likeness (QED) is 0.885. The Hall–Kier alpha value is -1.39.